The van der Waals surface area contributed by atoms with Gasteiger partial charge >= 0.3 is 0 Å². The van der Waals surface area contributed by atoms with E-state index in [1.807, 2.05) is 12.1 Å². The summed E-state index contributed by atoms with van der Waals surface area (Å²) in [7, 11) is 0. The summed E-state index contributed by atoms with van der Waals surface area (Å²) in [5.41, 5.74) is 3.80. The number of carbonyl (C=O) groups is 1. The van der Waals surface area contributed by atoms with Gasteiger partial charge in [0.2, 0.25) is 0 Å². The summed E-state index contributed by atoms with van der Waals surface area (Å²) >= 11 is 1.50. The van der Waals surface area contributed by atoms with Crippen molar-refractivity contribution in [2.24, 2.45) is 0 Å². The maximum Gasteiger partial charge on any atom is 0.253 e. The first kappa shape index (κ1) is 14.4. The van der Waals surface area contributed by atoms with Crippen LogP contribution in [-0.4, -0.2) is 27.0 Å². The number of aryl methyl sites for hydroxylation is 1. The van der Waals surface area contributed by atoms with Gasteiger partial charge in [-0.05, 0) is 25.1 Å². The number of carbonyl (C=O) groups excluding carboxylic acids is 1. The normalized spacial score (nSPS) is 10.8. The van der Waals surface area contributed by atoms with Gasteiger partial charge in [0.15, 0.2) is 0 Å². The van der Waals surface area contributed by atoms with E-state index in [-0.39, 0.29) is 11.5 Å². The Morgan fingerprint density at radius 3 is 3.00 bits per heavy atom. The van der Waals surface area contributed by atoms with E-state index in [4.69, 9.17) is 0 Å². The second-order valence-corrected chi connectivity index (χ2v) is 5.74. The molecule has 0 atom stereocenters. The molecule has 0 aliphatic rings. The number of benzene rings is 1. The number of hydrogen-bond acceptors (Lipinski definition) is 5. The molecule has 0 saturated carbocycles. The maximum atomic E-state index is 12.1. The molecule has 0 aliphatic heterocycles. The maximum absolute atomic E-state index is 12.1. The van der Waals surface area contributed by atoms with Crippen molar-refractivity contribution in [1.29, 1.82) is 0 Å². The summed E-state index contributed by atoms with van der Waals surface area (Å²) in [5, 5.41) is 2.80. The van der Waals surface area contributed by atoms with Gasteiger partial charge in [-0.1, -0.05) is 0 Å². The molecule has 3 aromatic rings. The Morgan fingerprint density at radius 1 is 1.32 bits per heavy atom. The van der Waals surface area contributed by atoms with Gasteiger partial charge in [-0.3, -0.25) is 14.2 Å². The van der Waals surface area contributed by atoms with E-state index in [0.717, 1.165) is 10.2 Å². The van der Waals surface area contributed by atoms with E-state index in [9.17, 15) is 9.59 Å². The monoisotopic (exact) mass is 314 g/mol. The molecule has 0 radical (unpaired) electrons. The van der Waals surface area contributed by atoms with Crippen LogP contribution in [0.2, 0.25) is 0 Å². The fraction of sp³-hybridized carbons (Fsp3) is 0.200. The van der Waals surface area contributed by atoms with Crippen LogP contribution in [0.4, 0.5) is 0 Å². The summed E-state index contributed by atoms with van der Waals surface area (Å²) in [6.07, 6.45) is 1.49. The molecule has 7 heteroatoms. The van der Waals surface area contributed by atoms with Crippen molar-refractivity contribution >= 4 is 27.5 Å². The Bertz CT molecular complexity index is 884. The predicted molar refractivity (Wildman–Crippen MR) is 85.2 cm³/mol. The molecular weight excluding hydrogens is 300 g/mol. The highest BCUT2D eigenvalue weighted by atomic mass is 32.1. The lowest BCUT2D eigenvalue weighted by molar-refractivity contribution is 0.0952. The fourth-order valence-corrected chi connectivity index (χ4v) is 2.79. The molecule has 112 valence electrons. The number of aromatic nitrogens is 3. The van der Waals surface area contributed by atoms with Crippen molar-refractivity contribution in [1.82, 2.24) is 19.9 Å². The van der Waals surface area contributed by atoms with Crippen molar-refractivity contribution in [3.05, 3.63) is 57.7 Å². The highest BCUT2D eigenvalue weighted by Gasteiger charge is 2.07. The van der Waals surface area contributed by atoms with Crippen LogP contribution in [0.15, 0.2) is 40.9 Å². The molecule has 6 nitrogen and oxygen atoms in total. The third-order valence-corrected chi connectivity index (χ3v) is 4.04. The number of thiazole rings is 1. The zero-order valence-corrected chi connectivity index (χ0v) is 12.8. The standard InChI is InChI=1S/C15H14N4O2S/c1-10-6-14(20)19(8-17-10)5-4-16-15(21)11-2-3-12-13(7-11)22-9-18-12/h2-3,6-9H,4-5H2,1H3,(H,16,21). The van der Waals surface area contributed by atoms with E-state index in [2.05, 4.69) is 15.3 Å². The largest absolute Gasteiger partial charge is 0.350 e. The first-order valence-electron chi connectivity index (χ1n) is 6.78. The van der Waals surface area contributed by atoms with Gasteiger partial charge in [0, 0.05) is 30.4 Å². The quantitative estimate of drug-likeness (QED) is 0.793. The van der Waals surface area contributed by atoms with Gasteiger partial charge in [0.05, 0.1) is 22.1 Å². The van der Waals surface area contributed by atoms with Gasteiger partial charge in [-0.25, -0.2) is 9.97 Å². The SMILES string of the molecule is Cc1cc(=O)n(CCNC(=O)c2ccc3ncsc3c2)cn1. The molecule has 2 aromatic heterocycles. The smallest absolute Gasteiger partial charge is 0.253 e. The van der Waals surface area contributed by atoms with Gasteiger partial charge in [0.25, 0.3) is 11.5 Å². The molecule has 3 rings (SSSR count). The Morgan fingerprint density at radius 2 is 2.18 bits per heavy atom. The van der Waals surface area contributed by atoms with Crippen molar-refractivity contribution < 1.29 is 4.79 Å². The van der Waals surface area contributed by atoms with E-state index >= 15 is 0 Å². The highest BCUT2D eigenvalue weighted by Crippen LogP contribution is 2.18. The van der Waals surface area contributed by atoms with Crippen molar-refractivity contribution in [2.75, 3.05) is 6.54 Å². The molecule has 1 N–H and O–H groups in total. The van der Waals surface area contributed by atoms with Crippen molar-refractivity contribution in [3.8, 4) is 0 Å². The number of amides is 1. The van der Waals surface area contributed by atoms with E-state index in [1.165, 1.54) is 28.3 Å². The van der Waals surface area contributed by atoms with Crippen molar-refractivity contribution in [2.45, 2.75) is 13.5 Å². The lowest BCUT2D eigenvalue weighted by Gasteiger charge is -2.07. The summed E-state index contributed by atoms with van der Waals surface area (Å²) in [5.74, 6) is -0.164. The van der Waals surface area contributed by atoms with Crippen LogP contribution in [0.5, 0.6) is 0 Å². The Kier molecular flexibility index (Phi) is 3.97. The summed E-state index contributed by atoms with van der Waals surface area (Å²) in [6, 6.07) is 6.87. The Hall–Kier alpha value is -2.54. The molecular formula is C15H14N4O2S. The second kappa shape index (κ2) is 6.07. The van der Waals surface area contributed by atoms with Gasteiger partial charge in [0.1, 0.15) is 0 Å². The topological polar surface area (TPSA) is 76.9 Å². The molecule has 0 spiro atoms. The molecule has 0 fully saturated rings. The minimum atomic E-state index is -0.164. The van der Waals surface area contributed by atoms with E-state index < -0.39 is 0 Å². The van der Waals surface area contributed by atoms with E-state index in [1.54, 1.807) is 18.5 Å². The Labute approximate surface area is 130 Å². The molecule has 1 amide bonds. The third kappa shape index (κ3) is 3.04. The molecule has 0 bridgehead atoms. The minimum Gasteiger partial charge on any atom is -0.350 e. The number of fused-ring (bicyclic) bond motifs is 1. The number of nitrogens with one attached hydrogen (secondary N) is 1. The molecule has 0 aliphatic carbocycles. The summed E-state index contributed by atoms with van der Waals surface area (Å²) < 4.78 is 2.45. The zero-order chi connectivity index (χ0) is 15.5. The van der Waals surface area contributed by atoms with Crippen LogP contribution in [0.25, 0.3) is 10.2 Å². The number of hydrogen-bond donors (Lipinski definition) is 1. The highest BCUT2D eigenvalue weighted by molar-refractivity contribution is 7.16. The van der Waals surface area contributed by atoms with Gasteiger partial charge in [-0.2, -0.15) is 0 Å². The lowest BCUT2D eigenvalue weighted by Crippen LogP contribution is -2.30. The van der Waals surface area contributed by atoms with Crippen LogP contribution < -0.4 is 10.9 Å². The first-order valence-corrected chi connectivity index (χ1v) is 7.66. The number of nitrogens with zero attached hydrogens (tertiary/aromatic N) is 3. The summed E-state index contributed by atoms with van der Waals surface area (Å²) in [6.45, 7) is 2.52. The molecule has 0 unspecified atom stereocenters. The van der Waals surface area contributed by atoms with Crippen LogP contribution in [-0.2, 0) is 6.54 Å². The average molecular weight is 314 g/mol. The summed E-state index contributed by atoms with van der Waals surface area (Å²) in [4.78, 5) is 32.1. The van der Waals surface area contributed by atoms with Crippen LogP contribution in [0.3, 0.4) is 0 Å². The fourth-order valence-electron chi connectivity index (χ4n) is 2.07. The molecule has 0 saturated heterocycles. The van der Waals surface area contributed by atoms with Crippen LogP contribution >= 0.6 is 11.3 Å². The zero-order valence-electron chi connectivity index (χ0n) is 11.9. The van der Waals surface area contributed by atoms with Gasteiger partial charge in [-0.15, -0.1) is 11.3 Å². The Balaban J connectivity index is 1.63. The van der Waals surface area contributed by atoms with Gasteiger partial charge < -0.3 is 5.32 Å². The third-order valence-electron chi connectivity index (χ3n) is 3.25. The van der Waals surface area contributed by atoms with Crippen LogP contribution in [0.1, 0.15) is 16.1 Å². The molecule has 2 heterocycles. The molecule has 1 aromatic carbocycles. The predicted octanol–water partition coefficient (Wildman–Crippen LogP) is 1.59. The second-order valence-electron chi connectivity index (χ2n) is 4.85. The van der Waals surface area contributed by atoms with Crippen LogP contribution in [0, 0.1) is 6.92 Å². The van der Waals surface area contributed by atoms with E-state index in [0.29, 0.717) is 24.3 Å². The molecule has 22 heavy (non-hydrogen) atoms. The van der Waals surface area contributed by atoms with Crippen molar-refractivity contribution in [3.63, 3.8) is 0 Å². The first-order chi connectivity index (χ1) is 10.6. The lowest BCUT2D eigenvalue weighted by atomic mass is 10.2. The number of rotatable bonds is 4. The minimum absolute atomic E-state index is 0.118. The average Bonchev–Trinajstić information content (AvgIpc) is 2.96.